The van der Waals surface area contributed by atoms with Gasteiger partial charge in [-0.15, -0.1) is 11.3 Å². The number of rotatable bonds is 4. The third-order valence-electron chi connectivity index (χ3n) is 1.76. The summed E-state index contributed by atoms with van der Waals surface area (Å²) < 4.78 is 0. The fourth-order valence-electron chi connectivity index (χ4n) is 1.15. The summed E-state index contributed by atoms with van der Waals surface area (Å²) in [6.45, 7) is 4.08. The van der Waals surface area contributed by atoms with Crippen LogP contribution in [-0.4, -0.2) is 10.9 Å². The molecular formula is C9H14N2OS. The van der Waals surface area contributed by atoms with Gasteiger partial charge >= 0.3 is 0 Å². The molecule has 0 aliphatic heterocycles. The molecule has 1 aromatic rings. The molecule has 0 aliphatic rings. The maximum atomic E-state index is 11.0. The zero-order chi connectivity index (χ0) is 9.84. The number of hydrogen-bond donors (Lipinski definition) is 1. The van der Waals surface area contributed by atoms with Crippen molar-refractivity contribution in [2.45, 2.75) is 33.1 Å². The predicted molar refractivity (Wildman–Crippen MR) is 54.0 cm³/mol. The first kappa shape index (κ1) is 10.2. The van der Waals surface area contributed by atoms with Gasteiger partial charge in [-0.25, -0.2) is 4.98 Å². The van der Waals surface area contributed by atoms with Crippen LogP contribution in [0.3, 0.4) is 0 Å². The van der Waals surface area contributed by atoms with E-state index in [0.29, 0.717) is 4.88 Å². The molecule has 1 amide bonds. The van der Waals surface area contributed by atoms with Crippen molar-refractivity contribution < 1.29 is 4.79 Å². The quantitative estimate of drug-likeness (QED) is 0.801. The van der Waals surface area contributed by atoms with Crippen LogP contribution < -0.4 is 5.73 Å². The molecule has 72 valence electrons. The number of hydrogen-bond acceptors (Lipinski definition) is 3. The SMILES string of the molecule is CCCc1nc(CC)c(C(N)=O)s1. The summed E-state index contributed by atoms with van der Waals surface area (Å²) in [6, 6.07) is 0. The number of nitrogens with zero attached hydrogens (tertiary/aromatic N) is 1. The molecule has 3 nitrogen and oxygen atoms in total. The first-order valence-corrected chi connectivity index (χ1v) is 5.29. The average molecular weight is 198 g/mol. The van der Waals surface area contributed by atoms with E-state index in [1.807, 2.05) is 6.92 Å². The molecule has 0 aliphatic carbocycles. The summed E-state index contributed by atoms with van der Waals surface area (Å²) in [5, 5.41) is 1.02. The van der Waals surface area contributed by atoms with Crippen molar-refractivity contribution >= 4 is 17.2 Å². The van der Waals surface area contributed by atoms with E-state index in [0.717, 1.165) is 30.0 Å². The fraction of sp³-hybridized carbons (Fsp3) is 0.556. The second-order valence-corrected chi connectivity index (χ2v) is 3.93. The minimum Gasteiger partial charge on any atom is -0.365 e. The van der Waals surface area contributed by atoms with E-state index in [4.69, 9.17) is 5.73 Å². The Hall–Kier alpha value is -0.900. The Morgan fingerprint density at radius 3 is 2.62 bits per heavy atom. The third kappa shape index (κ3) is 2.28. The van der Waals surface area contributed by atoms with Crippen molar-refractivity contribution in [3.63, 3.8) is 0 Å². The van der Waals surface area contributed by atoms with Crippen molar-refractivity contribution in [2.75, 3.05) is 0 Å². The molecule has 0 saturated heterocycles. The highest BCUT2D eigenvalue weighted by Crippen LogP contribution is 2.19. The molecule has 1 aromatic heterocycles. The van der Waals surface area contributed by atoms with Gasteiger partial charge in [0.1, 0.15) is 4.88 Å². The number of aromatic nitrogens is 1. The van der Waals surface area contributed by atoms with E-state index in [1.165, 1.54) is 11.3 Å². The van der Waals surface area contributed by atoms with Crippen molar-refractivity contribution in [3.05, 3.63) is 15.6 Å². The van der Waals surface area contributed by atoms with Gasteiger partial charge in [0.25, 0.3) is 5.91 Å². The van der Waals surface area contributed by atoms with Crippen LogP contribution in [0, 0.1) is 0 Å². The minimum absolute atomic E-state index is 0.350. The lowest BCUT2D eigenvalue weighted by atomic mass is 10.3. The Morgan fingerprint density at radius 2 is 2.23 bits per heavy atom. The Morgan fingerprint density at radius 1 is 1.54 bits per heavy atom. The van der Waals surface area contributed by atoms with Gasteiger partial charge in [0.2, 0.25) is 0 Å². The number of primary amides is 1. The van der Waals surface area contributed by atoms with Gasteiger partial charge in [-0.2, -0.15) is 0 Å². The Balaban J connectivity index is 2.97. The third-order valence-corrected chi connectivity index (χ3v) is 2.94. The highest BCUT2D eigenvalue weighted by Gasteiger charge is 2.13. The van der Waals surface area contributed by atoms with E-state index < -0.39 is 0 Å². The van der Waals surface area contributed by atoms with E-state index in [1.54, 1.807) is 0 Å². The van der Waals surface area contributed by atoms with Crippen LogP contribution in [0.2, 0.25) is 0 Å². The molecule has 0 fully saturated rings. The first-order chi connectivity index (χ1) is 6.19. The molecule has 0 spiro atoms. The van der Waals surface area contributed by atoms with E-state index in [9.17, 15) is 4.79 Å². The molecule has 1 rings (SSSR count). The summed E-state index contributed by atoms with van der Waals surface area (Å²) in [5.41, 5.74) is 6.08. The van der Waals surface area contributed by atoms with E-state index >= 15 is 0 Å². The summed E-state index contributed by atoms with van der Waals surface area (Å²) in [6.07, 6.45) is 2.76. The smallest absolute Gasteiger partial charge is 0.260 e. The average Bonchev–Trinajstić information content (AvgIpc) is 2.48. The normalized spacial score (nSPS) is 10.3. The highest BCUT2D eigenvalue weighted by atomic mass is 32.1. The summed E-state index contributed by atoms with van der Waals surface area (Å²) in [4.78, 5) is 16.0. The fourth-order valence-corrected chi connectivity index (χ4v) is 2.26. The van der Waals surface area contributed by atoms with Crippen LogP contribution in [0.25, 0.3) is 0 Å². The second-order valence-electron chi connectivity index (χ2n) is 2.85. The zero-order valence-electron chi connectivity index (χ0n) is 7.96. The van der Waals surface area contributed by atoms with E-state index in [2.05, 4.69) is 11.9 Å². The lowest BCUT2D eigenvalue weighted by molar-refractivity contribution is 0.100. The Bertz CT molecular complexity index is 307. The molecule has 0 aromatic carbocycles. The van der Waals surface area contributed by atoms with Gasteiger partial charge in [-0.05, 0) is 19.3 Å². The largest absolute Gasteiger partial charge is 0.365 e. The van der Waals surface area contributed by atoms with Crippen molar-refractivity contribution in [1.29, 1.82) is 0 Å². The lowest BCUT2D eigenvalue weighted by Crippen LogP contribution is -2.11. The molecule has 0 unspecified atom stereocenters. The van der Waals surface area contributed by atoms with Crippen LogP contribution in [0.1, 0.15) is 40.6 Å². The molecule has 2 N–H and O–H groups in total. The minimum atomic E-state index is -0.350. The molecule has 0 saturated carbocycles. The van der Waals surface area contributed by atoms with Crippen LogP contribution in [-0.2, 0) is 12.8 Å². The van der Waals surface area contributed by atoms with Gasteiger partial charge in [0.15, 0.2) is 0 Å². The van der Waals surface area contributed by atoms with Gasteiger partial charge in [-0.3, -0.25) is 4.79 Å². The van der Waals surface area contributed by atoms with E-state index in [-0.39, 0.29) is 5.91 Å². The Labute approximate surface area is 82.0 Å². The maximum absolute atomic E-state index is 11.0. The summed E-state index contributed by atoms with van der Waals surface area (Å²) in [5.74, 6) is -0.350. The van der Waals surface area contributed by atoms with Crippen molar-refractivity contribution in [3.8, 4) is 0 Å². The summed E-state index contributed by atoms with van der Waals surface area (Å²) in [7, 11) is 0. The second kappa shape index (κ2) is 4.37. The summed E-state index contributed by atoms with van der Waals surface area (Å²) >= 11 is 1.43. The number of aryl methyl sites for hydroxylation is 2. The van der Waals surface area contributed by atoms with Crippen molar-refractivity contribution in [2.24, 2.45) is 5.73 Å². The standard InChI is InChI=1S/C9H14N2OS/c1-3-5-7-11-6(4-2)8(13-7)9(10)12/h3-5H2,1-2H3,(H2,10,12). The molecular weight excluding hydrogens is 184 g/mol. The highest BCUT2D eigenvalue weighted by molar-refractivity contribution is 7.13. The van der Waals surface area contributed by atoms with Gasteiger partial charge in [0, 0.05) is 0 Å². The van der Waals surface area contributed by atoms with Crippen molar-refractivity contribution in [1.82, 2.24) is 4.98 Å². The lowest BCUT2D eigenvalue weighted by Gasteiger charge is -1.90. The van der Waals surface area contributed by atoms with Gasteiger partial charge in [0.05, 0.1) is 10.7 Å². The van der Waals surface area contributed by atoms with Crippen LogP contribution >= 0.6 is 11.3 Å². The molecule has 1 heterocycles. The molecule has 0 bridgehead atoms. The Kier molecular flexibility index (Phi) is 3.42. The number of amides is 1. The molecule has 4 heteroatoms. The van der Waals surface area contributed by atoms with Crippen LogP contribution in [0.15, 0.2) is 0 Å². The van der Waals surface area contributed by atoms with Crippen LogP contribution in [0.5, 0.6) is 0 Å². The van der Waals surface area contributed by atoms with Gasteiger partial charge < -0.3 is 5.73 Å². The first-order valence-electron chi connectivity index (χ1n) is 4.47. The number of nitrogens with two attached hydrogens (primary N) is 1. The van der Waals surface area contributed by atoms with Crippen LogP contribution in [0.4, 0.5) is 0 Å². The molecule has 0 atom stereocenters. The topological polar surface area (TPSA) is 56.0 Å². The predicted octanol–water partition coefficient (Wildman–Crippen LogP) is 1.76. The number of carbonyl (C=O) groups excluding carboxylic acids is 1. The zero-order valence-corrected chi connectivity index (χ0v) is 8.78. The maximum Gasteiger partial charge on any atom is 0.260 e. The monoisotopic (exact) mass is 198 g/mol. The number of thiazole rings is 1. The molecule has 0 radical (unpaired) electrons. The van der Waals surface area contributed by atoms with Gasteiger partial charge in [-0.1, -0.05) is 13.8 Å². The molecule has 13 heavy (non-hydrogen) atoms. The number of carbonyl (C=O) groups is 1.